The molecule has 0 atom stereocenters. The molecule has 1 aliphatic heterocycles. The van der Waals surface area contributed by atoms with Gasteiger partial charge in [-0.3, -0.25) is 0 Å². The lowest BCUT2D eigenvalue weighted by atomic mass is 10.1. The normalized spacial score (nSPS) is 14.7. The first-order chi connectivity index (χ1) is 12.8. The molecule has 0 spiro atoms. The molecule has 27 heavy (non-hydrogen) atoms. The van der Waals surface area contributed by atoms with Crippen LogP contribution in [0.25, 0.3) is 5.57 Å². The Morgan fingerprint density at radius 2 is 1.59 bits per heavy atom. The number of benzene rings is 2. The van der Waals surface area contributed by atoms with Gasteiger partial charge < -0.3 is 15.0 Å². The largest absolute Gasteiger partial charge is 0.497 e. The van der Waals surface area contributed by atoms with Crippen molar-refractivity contribution in [3.8, 4) is 5.75 Å². The third-order valence-electron chi connectivity index (χ3n) is 3.93. The lowest BCUT2D eigenvalue weighted by Crippen LogP contribution is -2.38. The molecule has 1 aliphatic rings. The number of halogens is 3. The number of methoxy groups -OCH3 is 1. The number of hydrogen-bond donors (Lipinski definition) is 1. The van der Waals surface area contributed by atoms with Crippen LogP contribution in [0.5, 0.6) is 5.75 Å². The van der Waals surface area contributed by atoms with Crippen molar-refractivity contribution < 1.29 is 17.9 Å². The highest BCUT2D eigenvalue weighted by Crippen LogP contribution is 2.34. The molecule has 0 radical (unpaired) electrons. The molecule has 0 unspecified atom stereocenters. The van der Waals surface area contributed by atoms with Crippen molar-refractivity contribution >= 4 is 45.7 Å². The zero-order chi connectivity index (χ0) is 19.6. The number of nitrogens with zero attached hydrogens (tertiary/aromatic N) is 1. The van der Waals surface area contributed by atoms with E-state index in [1.807, 2.05) is 6.07 Å². The molecular weight excluding hydrogens is 393 g/mol. The van der Waals surface area contributed by atoms with E-state index in [2.05, 4.69) is 5.32 Å². The average Bonchev–Trinajstić information content (AvgIpc) is 2.86. The van der Waals surface area contributed by atoms with Gasteiger partial charge in [0.15, 0.2) is 0 Å². The van der Waals surface area contributed by atoms with Crippen molar-refractivity contribution in [1.29, 1.82) is 0 Å². The summed E-state index contributed by atoms with van der Waals surface area (Å²) in [5, 5.41) is 3.12. The van der Waals surface area contributed by atoms with Crippen LogP contribution in [0.2, 0.25) is 0 Å². The molecule has 0 saturated heterocycles. The van der Waals surface area contributed by atoms with Crippen molar-refractivity contribution in [2.24, 2.45) is 0 Å². The van der Waals surface area contributed by atoms with E-state index in [0.29, 0.717) is 28.3 Å². The van der Waals surface area contributed by atoms with E-state index in [-0.39, 0.29) is 9.98 Å². The van der Waals surface area contributed by atoms with Crippen molar-refractivity contribution in [2.75, 3.05) is 19.0 Å². The van der Waals surface area contributed by atoms with Gasteiger partial charge in [-0.05, 0) is 29.8 Å². The first-order valence-electron chi connectivity index (χ1n) is 7.94. The molecule has 0 aromatic heterocycles. The quantitative estimate of drug-likeness (QED) is 0.698. The van der Waals surface area contributed by atoms with Crippen LogP contribution < -0.4 is 10.1 Å². The van der Waals surface area contributed by atoms with Crippen LogP contribution in [0.1, 0.15) is 5.56 Å². The van der Waals surface area contributed by atoms with Gasteiger partial charge in [0.05, 0.1) is 12.8 Å². The summed E-state index contributed by atoms with van der Waals surface area (Å²) in [6, 6.07) is 16.0. The van der Waals surface area contributed by atoms with Crippen LogP contribution in [0, 0.1) is 0 Å². The van der Waals surface area contributed by atoms with E-state index in [1.165, 1.54) is 0 Å². The Bertz CT molecular complexity index is 893. The second-order valence-corrected chi connectivity index (χ2v) is 6.55. The Balaban J connectivity index is 2.01. The second kappa shape index (κ2) is 7.66. The van der Waals surface area contributed by atoms with E-state index in [4.69, 9.17) is 29.2 Å². The van der Waals surface area contributed by atoms with Crippen LogP contribution in [-0.2, 0) is 0 Å². The summed E-state index contributed by atoms with van der Waals surface area (Å²) in [5.41, 5.74) is 2.23. The molecule has 1 heterocycles. The van der Waals surface area contributed by atoms with Gasteiger partial charge in [-0.1, -0.05) is 54.8 Å². The molecule has 3 rings (SSSR count). The lowest BCUT2D eigenvalue weighted by Gasteiger charge is -2.21. The van der Waals surface area contributed by atoms with Crippen LogP contribution in [0.3, 0.4) is 0 Å². The van der Waals surface area contributed by atoms with Crippen LogP contribution >= 0.6 is 24.4 Å². The number of ether oxygens (including phenoxy) is 1. The van der Waals surface area contributed by atoms with Gasteiger partial charge in [0.1, 0.15) is 22.3 Å². The van der Waals surface area contributed by atoms with Crippen LogP contribution in [0.15, 0.2) is 60.3 Å². The SMILES string of the molecule is COc1ccc(NC2=C(c3ccccc3)C(=S)N(CC(F)(F)F)C2=S)cc1. The fraction of sp³-hybridized carbons (Fsp3) is 0.158. The molecule has 8 heteroatoms. The fourth-order valence-corrected chi connectivity index (χ4v) is 3.45. The van der Waals surface area contributed by atoms with Gasteiger partial charge in [-0.25, -0.2) is 0 Å². The van der Waals surface area contributed by atoms with Crippen molar-refractivity contribution in [1.82, 2.24) is 4.90 Å². The minimum Gasteiger partial charge on any atom is -0.497 e. The second-order valence-electron chi connectivity index (χ2n) is 5.78. The third-order valence-corrected chi connectivity index (χ3v) is 4.78. The molecule has 0 saturated carbocycles. The Hall–Kier alpha value is -2.45. The Morgan fingerprint density at radius 3 is 2.15 bits per heavy atom. The predicted molar refractivity (Wildman–Crippen MR) is 108 cm³/mol. The highest BCUT2D eigenvalue weighted by molar-refractivity contribution is 7.83. The van der Waals surface area contributed by atoms with Crippen molar-refractivity contribution in [3.05, 3.63) is 65.9 Å². The highest BCUT2D eigenvalue weighted by atomic mass is 32.1. The van der Waals surface area contributed by atoms with Gasteiger partial charge in [-0.15, -0.1) is 0 Å². The molecule has 1 N–H and O–H groups in total. The monoisotopic (exact) mass is 408 g/mol. The summed E-state index contributed by atoms with van der Waals surface area (Å²) in [6.07, 6.45) is -4.43. The first-order valence-corrected chi connectivity index (χ1v) is 8.75. The highest BCUT2D eigenvalue weighted by Gasteiger charge is 2.40. The molecule has 0 aliphatic carbocycles. The first kappa shape index (κ1) is 19.3. The van der Waals surface area contributed by atoms with E-state index >= 15 is 0 Å². The van der Waals surface area contributed by atoms with Gasteiger partial charge in [0.25, 0.3) is 0 Å². The molecule has 2 aromatic carbocycles. The van der Waals surface area contributed by atoms with E-state index in [9.17, 15) is 13.2 Å². The summed E-state index contributed by atoms with van der Waals surface area (Å²) < 4.78 is 44.1. The Kier molecular flexibility index (Phi) is 5.48. The molecule has 0 amide bonds. The zero-order valence-corrected chi connectivity index (χ0v) is 15.8. The minimum atomic E-state index is -4.43. The summed E-state index contributed by atoms with van der Waals surface area (Å²) in [6.45, 7) is -1.23. The Morgan fingerprint density at radius 1 is 0.963 bits per heavy atom. The van der Waals surface area contributed by atoms with E-state index < -0.39 is 12.7 Å². The van der Waals surface area contributed by atoms with E-state index in [0.717, 1.165) is 4.90 Å². The van der Waals surface area contributed by atoms with Crippen molar-refractivity contribution in [3.63, 3.8) is 0 Å². The maximum atomic E-state index is 13.0. The number of nitrogens with one attached hydrogen (secondary N) is 1. The van der Waals surface area contributed by atoms with E-state index in [1.54, 1.807) is 55.6 Å². The number of rotatable bonds is 5. The molecule has 0 fully saturated rings. The smallest absolute Gasteiger partial charge is 0.406 e. The van der Waals surface area contributed by atoms with Gasteiger partial charge in [-0.2, -0.15) is 13.2 Å². The van der Waals surface area contributed by atoms with Gasteiger partial charge >= 0.3 is 6.18 Å². The average molecular weight is 408 g/mol. The fourth-order valence-electron chi connectivity index (χ4n) is 2.71. The van der Waals surface area contributed by atoms with Crippen molar-refractivity contribution in [2.45, 2.75) is 6.18 Å². The molecule has 140 valence electrons. The van der Waals surface area contributed by atoms with Crippen LogP contribution in [0.4, 0.5) is 18.9 Å². The number of anilines is 1. The lowest BCUT2D eigenvalue weighted by molar-refractivity contribution is -0.131. The Labute approximate surface area is 165 Å². The molecule has 3 nitrogen and oxygen atoms in total. The van der Waals surface area contributed by atoms with Gasteiger partial charge in [0.2, 0.25) is 0 Å². The number of hydrogen-bond acceptors (Lipinski definition) is 4. The number of thiocarbonyl (C=S) groups is 2. The zero-order valence-electron chi connectivity index (χ0n) is 14.2. The summed E-state index contributed by atoms with van der Waals surface area (Å²) in [4.78, 5) is 1.02. The topological polar surface area (TPSA) is 24.5 Å². The molecule has 0 bridgehead atoms. The minimum absolute atomic E-state index is 0.0204. The molecular formula is C19H15F3N2OS2. The standard InChI is InChI=1S/C19H15F3N2OS2/c1-25-14-9-7-13(8-10-14)23-16-15(12-5-3-2-4-6-12)17(26)24(18(16)27)11-19(20,21)22/h2-10,23H,11H2,1H3. The maximum Gasteiger partial charge on any atom is 0.406 e. The summed E-state index contributed by atoms with van der Waals surface area (Å²) in [5.74, 6) is 0.668. The van der Waals surface area contributed by atoms with Gasteiger partial charge in [0, 0.05) is 11.3 Å². The summed E-state index contributed by atoms with van der Waals surface area (Å²) >= 11 is 10.7. The summed E-state index contributed by atoms with van der Waals surface area (Å²) in [7, 11) is 1.55. The number of alkyl halides is 3. The van der Waals surface area contributed by atoms with Crippen LogP contribution in [-0.4, -0.2) is 34.7 Å². The molecule has 2 aromatic rings. The maximum absolute atomic E-state index is 13.0. The third kappa shape index (κ3) is 4.28. The predicted octanol–water partition coefficient (Wildman–Crippen LogP) is 5.05.